The van der Waals surface area contributed by atoms with Crippen LogP contribution in [-0.2, 0) is 14.8 Å². The molecular formula is C19H20F2N2O3S2. The van der Waals surface area contributed by atoms with E-state index in [-0.39, 0.29) is 16.5 Å². The lowest BCUT2D eigenvalue weighted by molar-refractivity contribution is -0.111. The summed E-state index contributed by atoms with van der Waals surface area (Å²) in [5.74, 6) is -2.90. The second-order valence-electron chi connectivity index (χ2n) is 6.20. The molecule has 9 heteroatoms. The molecule has 0 atom stereocenters. The number of amides is 1. The van der Waals surface area contributed by atoms with Crippen LogP contribution in [-0.4, -0.2) is 20.1 Å². The minimum absolute atomic E-state index is 0.00790. The summed E-state index contributed by atoms with van der Waals surface area (Å²) in [6, 6.07) is 10.2. The molecule has 5 nitrogen and oxygen atoms in total. The molecule has 0 saturated heterocycles. The Labute approximate surface area is 167 Å². The van der Waals surface area contributed by atoms with Crippen molar-refractivity contribution in [1.29, 1.82) is 0 Å². The van der Waals surface area contributed by atoms with Gasteiger partial charge in [-0.3, -0.25) is 9.52 Å². The summed E-state index contributed by atoms with van der Waals surface area (Å²) in [5, 5.41) is 2.62. The molecule has 0 bridgehead atoms. The highest BCUT2D eigenvalue weighted by Crippen LogP contribution is 2.28. The molecule has 150 valence electrons. The maximum Gasteiger partial charge on any atom is 0.288 e. The van der Waals surface area contributed by atoms with Crippen LogP contribution in [0.25, 0.3) is 0 Å². The van der Waals surface area contributed by atoms with Crippen molar-refractivity contribution >= 4 is 39.1 Å². The maximum absolute atomic E-state index is 12.7. The van der Waals surface area contributed by atoms with E-state index >= 15 is 0 Å². The second kappa shape index (κ2) is 9.20. The van der Waals surface area contributed by atoms with Crippen LogP contribution < -0.4 is 10.0 Å². The van der Waals surface area contributed by atoms with Crippen LogP contribution in [0.3, 0.4) is 0 Å². The van der Waals surface area contributed by atoms with Crippen LogP contribution >= 0.6 is 11.8 Å². The quantitative estimate of drug-likeness (QED) is 0.482. The Kier molecular flexibility index (Phi) is 7.20. The van der Waals surface area contributed by atoms with E-state index < -0.39 is 15.8 Å². The molecule has 0 fully saturated rings. The summed E-state index contributed by atoms with van der Waals surface area (Å²) in [6.45, 7) is 5.19. The molecule has 0 unspecified atom stereocenters. The van der Waals surface area contributed by atoms with Crippen molar-refractivity contribution in [3.63, 3.8) is 0 Å². The van der Waals surface area contributed by atoms with E-state index in [1.54, 1.807) is 32.9 Å². The molecule has 0 radical (unpaired) electrons. The van der Waals surface area contributed by atoms with Gasteiger partial charge >= 0.3 is 0 Å². The number of nitrogens with one attached hydrogen (secondary N) is 2. The Hall–Kier alpha value is -2.39. The normalized spacial score (nSPS) is 11.2. The Morgan fingerprint density at radius 2 is 1.68 bits per heavy atom. The minimum atomic E-state index is -3.93. The standard InChI is InChI=1S/C19H20F2N2O3S2/c1-12(2)10-18(24)22-15-5-4-13(3)17(11-15)28(25,26)23-14-6-8-16(9-7-14)27-19(20)21/h4-11,19,23H,1-3H3,(H,22,24). The molecule has 0 aliphatic rings. The lowest BCUT2D eigenvalue weighted by atomic mass is 10.2. The number of carbonyl (C=O) groups is 1. The predicted molar refractivity (Wildman–Crippen MR) is 108 cm³/mol. The van der Waals surface area contributed by atoms with Crippen LogP contribution in [0.4, 0.5) is 20.2 Å². The number of sulfonamides is 1. The smallest absolute Gasteiger partial charge is 0.288 e. The number of anilines is 2. The second-order valence-corrected chi connectivity index (χ2v) is 8.91. The van der Waals surface area contributed by atoms with Gasteiger partial charge in [0.1, 0.15) is 0 Å². The van der Waals surface area contributed by atoms with Gasteiger partial charge in [0.05, 0.1) is 4.90 Å². The highest BCUT2D eigenvalue weighted by atomic mass is 32.2. The Morgan fingerprint density at radius 3 is 2.25 bits per heavy atom. The third-order valence-corrected chi connectivity index (χ3v) is 5.74. The van der Waals surface area contributed by atoms with Gasteiger partial charge in [0.25, 0.3) is 15.8 Å². The summed E-state index contributed by atoms with van der Waals surface area (Å²) >= 11 is 0.380. The van der Waals surface area contributed by atoms with Gasteiger partial charge in [-0.05, 0) is 62.7 Å². The highest BCUT2D eigenvalue weighted by Gasteiger charge is 2.18. The van der Waals surface area contributed by atoms with Gasteiger partial charge in [0.15, 0.2) is 0 Å². The number of hydrogen-bond acceptors (Lipinski definition) is 4. The molecule has 0 aliphatic heterocycles. The first kappa shape index (κ1) is 21.9. The molecule has 2 aromatic carbocycles. The zero-order valence-electron chi connectivity index (χ0n) is 15.5. The fourth-order valence-electron chi connectivity index (χ4n) is 2.32. The molecule has 1 amide bonds. The molecule has 0 spiro atoms. The molecule has 0 heterocycles. The Morgan fingerprint density at radius 1 is 1.07 bits per heavy atom. The number of alkyl halides is 2. The molecule has 28 heavy (non-hydrogen) atoms. The number of allylic oxidation sites excluding steroid dienone is 1. The maximum atomic E-state index is 12.7. The van der Waals surface area contributed by atoms with Crippen LogP contribution in [0.2, 0.25) is 0 Å². The number of benzene rings is 2. The van der Waals surface area contributed by atoms with E-state index in [4.69, 9.17) is 0 Å². The molecule has 0 saturated carbocycles. The average Bonchev–Trinajstić information content (AvgIpc) is 2.57. The van der Waals surface area contributed by atoms with Gasteiger partial charge in [-0.1, -0.05) is 23.4 Å². The highest BCUT2D eigenvalue weighted by molar-refractivity contribution is 7.99. The zero-order chi connectivity index (χ0) is 20.9. The topological polar surface area (TPSA) is 75.3 Å². The van der Waals surface area contributed by atoms with Gasteiger partial charge in [-0.15, -0.1) is 0 Å². The largest absolute Gasteiger partial charge is 0.322 e. The third-order valence-electron chi connectivity index (χ3n) is 3.50. The SMILES string of the molecule is CC(C)=CC(=O)Nc1ccc(C)c(S(=O)(=O)Nc2ccc(SC(F)F)cc2)c1. The monoisotopic (exact) mass is 426 g/mol. The number of halogens is 2. The molecule has 2 N–H and O–H groups in total. The van der Waals surface area contributed by atoms with Crippen molar-refractivity contribution in [3.8, 4) is 0 Å². The minimum Gasteiger partial charge on any atom is -0.322 e. The van der Waals surface area contributed by atoms with E-state index in [0.717, 1.165) is 5.57 Å². The lowest BCUT2D eigenvalue weighted by Crippen LogP contribution is -2.15. The number of rotatable bonds is 7. The van der Waals surface area contributed by atoms with Crippen molar-refractivity contribution < 1.29 is 22.0 Å². The summed E-state index contributed by atoms with van der Waals surface area (Å²) in [6.07, 6.45) is 1.41. The van der Waals surface area contributed by atoms with Crippen molar-refractivity contribution in [1.82, 2.24) is 0 Å². The van der Waals surface area contributed by atoms with Gasteiger partial charge < -0.3 is 5.32 Å². The summed E-state index contributed by atoms with van der Waals surface area (Å²) < 4.78 is 52.6. The molecular weight excluding hydrogens is 406 g/mol. The lowest BCUT2D eigenvalue weighted by Gasteiger charge is -2.13. The summed E-state index contributed by atoms with van der Waals surface area (Å²) in [5.41, 5.74) is 1.90. The first-order valence-corrected chi connectivity index (χ1v) is 10.6. The summed E-state index contributed by atoms with van der Waals surface area (Å²) in [4.78, 5) is 12.2. The number of carbonyl (C=O) groups excluding carboxylic acids is 1. The van der Waals surface area contributed by atoms with Crippen LogP contribution in [0, 0.1) is 6.92 Å². The van der Waals surface area contributed by atoms with Gasteiger partial charge in [0.2, 0.25) is 5.91 Å². The van der Waals surface area contributed by atoms with Crippen LogP contribution in [0.5, 0.6) is 0 Å². The van der Waals surface area contributed by atoms with E-state index in [0.29, 0.717) is 27.9 Å². The Balaban J connectivity index is 2.23. The van der Waals surface area contributed by atoms with Crippen LogP contribution in [0.1, 0.15) is 19.4 Å². The van der Waals surface area contributed by atoms with Crippen molar-refractivity contribution in [2.45, 2.75) is 36.3 Å². The fourth-order valence-corrected chi connectivity index (χ4v) is 4.15. The first-order valence-electron chi connectivity index (χ1n) is 8.21. The van der Waals surface area contributed by atoms with E-state index in [1.807, 2.05) is 0 Å². The number of thioether (sulfide) groups is 1. The van der Waals surface area contributed by atoms with Gasteiger partial charge in [0, 0.05) is 22.3 Å². The molecule has 2 rings (SSSR count). The summed E-state index contributed by atoms with van der Waals surface area (Å²) in [7, 11) is -3.93. The van der Waals surface area contributed by atoms with Crippen molar-refractivity contribution in [3.05, 3.63) is 59.7 Å². The van der Waals surface area contributed by atoms with E-state index in [1.165, 1.54) is 36.4 Å². The van der Waals surface area contributed by atoms with Gasteiger partial charge in [-0.2, -0.15) is 8.78 Å². The first-order chi connectivity index (χ1) is 13.1. The number of hydrogen-bond donors (Lipinski definition) is 2. The Bertz CT molecular complexity index is 985. The zero-order valence-corrected chi connectivity index (χ0v) is 17.1. The third kappa shape index (κ3) is 6.35. The van der Waals surface area contributed by atoms with Crippen molar-refractivity contribution in [2.75, 3.05) is 10.0 Å². The van der Waals surface area contributed by atoms with E-state index in [9.17, 15) is 22.0 Å². The van der Waals surface area contributed by atoms with Gasteiger partial charge in [-0.25, -0.2) is 8.42 Å². The molecule has 0 aliphatic carbocycles. The van der Waals surface area contributed by atoms with Crippen molar-refractivity contribution in [2.24, 2.45) is 0 Å². The predicted octanol–water partition coefficient (Wildman–Crippen LogP) is 5.02. The van der Waals surface area contributed by atoms with E-state index in [2.05, 4.69) is 10.0 Å². The van der Waals surface area contributed by atoms with Crippen LogP contribution in [0.15, 0.2) is 63.9 Å². The molecule has 2 aromatic rings. The average molecular weight is 427 g/mol. The molecule has 0 aromatic heterocycles. The fraction of sp³-hybridized carbons (Fsp3) is 0.211. The number of aryl methyl sites for hydroxylation is 1.